The van der Waals surface area contributed by atoms with E-state index < -0.39 is 0 Å². The Morgan fingerprint density at radius 1 is 0.750 bits per heavy atom. The molecule has 1 aromatic heterocycles. The van der Waals surface area contributed by atoms with E-state index in [0.29, 0.717) is 5.92 Å². The van der Waals surface area contributed by atoms with Gasteiger partial charge in [0.15, 0.2) is 0 Å². The van der Waals surface area contributed by atoms with Crippen molar-refractivity contribution in [2.45, 2.75) is 39.0 Å². The number of hydrogen-bond acceptors (Lipinski definition) is 0. The van der Waals surface area contributed by atoms with Crippen LogP contribution in [0.25, 0.3) is 32.8 Å². The van der Waals surface area contributed by atoms with Crippen molar-refractivity contribution in [2.75, 3.05) is 0 Å². The van der Waals surface area contributed by atoms with Gasteiger partial charge in [0.2, 0.25) is 0 Å². The number of pyridine rings is 1. The topological polar surface area (TPSA) is 15.8 Å². The van der Waals surface area contributed by atoms with Crippen LogP contribution in [0.3, 0.4) is 0 Å². The average Bonchev–Trinajstić information content (AvgIpc) is 3.29. The van der Waals surface area contributed by atoms with E-state index in [2.05, 4.69) is 121 Å². The van der Waals surface area contributed by atoms with Crippen LogP contribution < -0.4 is 0 Å². The van der Waals surface area contributed by atoms with Gasteiger partial charge < -0.3 is 4.98 Å². The molecule has 5 aromatic rings. The molecule has 0 aliphatic heterocycles. The highest BCUT2D eigenvalue weighted by Crippen LogP contribution is 2.55. The Labute approximate surface area is 197 Å². The number of fused-ring (bicyclic) bond motifs is 5. The molecule has 0 saturated carbocycles. The summed E-state index contributed by atoms with van der Waals surface area (Å²) in [4.78, 5) is 3.53. The van der Waals surface area contributed by atoms with Crippen molar-refractivity contribution in [2.24, 2.45) is 0 Å². The number of aromatic amines is 1. The summed E-state index contributed by atoms with van der Waals surface area (Å²) in [5.74, 6) is 0.321. The molecular formula is C30H26BrN. The summed E-state index contributed by atoms with van der Waals surface area (Å²) in [6, 6.07) is 27.0. The maximum absolute atomic E-state index is 3.62. The minimum Gasteiger partial charge on any atom is -0.349 e. The second-order valence-corrected chi connectivity index (χ2v) is 10.6. The third kappa shape index (κ3) is 2.62. The summed E-state index contributed by atoms with van der Waals surface area (Å²) in [5.41, 5.74) is 11.0. The number of aryl methyl sites for hydroxylation is 2. The monoisotopic (exact) mass is 479 g/mol. The van der Waals surface area contributed by atoms with Gasteiger partial charge in [0.25, 0.3) is 0 Å². The van der Waals surface area contributed by atoms with E-state index in [1.54, 1.807) is 0 Å². The van der Waals surface area contributed by atoms with Gasteiger partial charge in [0.1, 0.15) is 0 Å². The van der Waals surface area contributed by atoms with Gasteiger partial charge in [-0.15, -0.1) is 0 Å². The van der Waals surface area contributed by atoms with Crippen LogP contribution >= 0.6 is 15.9 Å². The molecule has 4 aromatic carbocycles. The lowest BCUT2D eigenvalue weighted by atomic mass is 9.68. The highest BCUT2D eigenvalue weighted by atomic mass is 79.9. The van der Waals surface area contributed by atoms with Crippen LogP contribution in [0.5, 0.6) is 0 Å². The SMILES string of the molecule is Cc1cc2c(C)c3ccc(Br)[nH]c3cc2c1C(C)(C)C1c2ccccc2-c2ccccc21. The first kappa shape index (κ1) is 19.8. The number of halogens is 1. The lowest BCUT2D eigenvalue weighted by Gasteiger charge is -2.35. The van der Waals surface area contributed by atoms with Gasteiger partial charge >= 0.3 is 0 Å². The van der Waals surface area contributed by atoms with Crippen molar-refractivity contribution in [1.29, 1.82) is 0 Å². The standard InChI is InChI=1S/C30H26BrN/c1-17-15-24-18(2)19-13-14-27(31)32-26(19)16-25(24)28(17)30(3,4)29-22-11-7-5-9-20(22)21-10-6-8-12-23(21)29/h5-16,29,32H,1-4H3. The largest absolute Gasteiger partial charge is 0.349 e. The van der Waals surface area contributed by atoms with E-state index in [4.69, 9.17) is 0 Å². The lowest BCUT2D eigenvalue weighted by molar-refractivity contribution is 0.468. The molecule has 0 amide bonds. The molecule has 0 unspecified atom stereocenters. The van der Waals surface area contributed by atoms with Gasteiger partial charge in [-0.05, 0) is 97.7 Å². The molecule has 6 rings (SSSR count). The highest BCUT2D eigenvalue weighted by molar-refractivity contribution is 9.10. The van der Waals surface area contributed by atoms with Crippen LogP contribution in [0.2, 0.25) is 0 Å². The molecular weight excluding hydrogens is 454 g/mol. The Morgan fingerprint density at radius 3 is 2.03 bits per heavy atom. The third-order valence-electron chi connectivity index (χ3n) is 7.55. The molecule has 0 atom stereocenters. The van der Waals surface area contributed by atoms with Gasteiger partial charge in [-0.25, -0.2) is 0 Å². The first-order chi connectivity index (χ1) is 15.4. The van der Waals surface area contributed by atoms with E-state index in [0.717, 1.165) is 4.60 Å². The fourth-order valence-corrected chi connectivity index (χ4v) is 6.67. The summed E-state index contributed by atoms with van der Waals surface area (Å²) in [7, 11) is 0. The van der Waals surface area contributed by atoms with Crippen LogP contribution in [0.1, 0.15) is 47.6 Å². The number of hydrogen-bond donors (Lipinski definition) is 1. The van der Waals surface area contributed by atoms with Crippen LogP contribution in [-0.4, -0.2) is 4.98 Å². The summed E-state index contributed by atoms with van der Waals surface area (Å²) in [5, 5.41) is 4.02. The Morgan fingerprint density at radius 2 is 1.38 bits per heavy atom. The number of benzene rings is 3. The maximum Gasteiger partial charge on any atom is 0.0824 e. The zero-order valence-electron chi connectivity index (χ0n) is 18.9. The molecule has 32 heavy (non-hydrogen) atoms. The molecule has 2 heteroatoms. The van der Waals surface area contributed by atoms with Crippen molar-refractivity contribution < 1.29 is 0 Å². The lowest BCUT2D eigenvalue weighted by Crippen LogP contribution is -2.27. The van der Waals surface area contributed by atoms with E-state index in [-0.39, 0.29) is 5.41 Å². The van der Waals surface area contributed by atoms with Crippen molar-refractivity contribution in [3.8, 4) is 11.1 Å². The van der Waals surface area contributed by atoms with Crippen molar-refractivity contribution in [3.05, 3.63) is 105 Å². The average molecular weight is 480 g/mol. The molecule has 0 fully saturated rings. The molecule has 1 heterocycles. The maximum atomic E-state index is 3.62. The molecule has 1 aliphatic rings. The predicted octanol–water partition coefficient (Wildman–Crippen LogP) is 8.79. The Kier molecular flexibility index (Phi) is 4.23. The molecule has 1 aliphatic carbocycles. The van der Waals surface area contributed by atoms with Crippen LogP contribution in [0.15, 0.2) is 77.4 Å². The Bertz CT molecular complexity index is 1490. The molecule has 1 N–H and O–H groups in total. The van der Waals surface area contributed by atoms with Crippen molar-refractivity contribution >= 4 is 37.6 Å². The first-order valence-electron chi connectivity index (χ1n) is 11.3. The van der Waals surface area contributed by atoms with Crippen LogP contribution in [-0.2, 0) is 5.41 Å². The Balaban J connectivity index is 1.66. The summed E-state index contributed by atoms with van der Waals surface area (Å²) >= 11 is 3.62. The Hall–Kier alpha value is -2.84. The highest BCUT2D eigenvalue weighted by Gasteiger charge is 2.42. The first-order valence-corrected chi connectivity index (χ1v) is 12.1. The fraction of sp³-hybridized carbons (Fsp3) is 0.200. The molecule has 1 nitrogen and oxygen atoms in total. The summed E-state index contributed by atoms with van der Waals surface area (Å²) in [6.07, 6.45) is 0. The van der Waals surface area contributed by atoms with Gasteiger partial charge in [-0.1, -0.05) is 68.4 Å². The number of H-pyrrole nitrogens is 1. The van der Waals surface area contributed by atoms with E-state index in [1.165, 1.54) is 60.6 Å². The quantitative estimate of drug-likeness (QED) is 0.243. The minimum atomic E-state index is -0.0688. The zero-order chi connectivity index (χ0) is 22.2. The van der Waals surface area contributed by atoms with Gasteiger partial charge in [-0.2, -0.15) is 0 Å². The molecule has 0 saturated heterocycles. The third-order valence-corrected chi connectivity index (χ3v) is 8.01. The van der Waals surface area contributed by atoms with E-state index in [9.17, 15) is 0 Å². The van der Waals surface area contributed by atoms with Gasteiger partial charge in [0.05, 0.1) is 4.60 Å². The number of rotatable bonds is 2. The van der Waals surface area contributed by atoms with E-state index >= 15 is 0 Å². The summed E-state index contributed by atoms with van der Waals surface area (Å²) in [6.45, 7) is 9.40. The fourth-order valence-electron chi connectivity index (χ4n) is 6.32. The second-order valence-electron chi connectivity index (χ2n) is 9.76. The second kappa shape index (κ2) is 6.83. The van der Waals surface area contributed by atoms with E-state index in [1.807, 2.05) is 0 Å². The van der Waals surface area contributed by atoms with Crippen molar-refractivity contribution in [1.82, 2.24) is 4.98 Å². The molecule has 0 spiro atoms. The molecule has 158 valence electrons. The minimum absolute atomic E-state index is 0.0688. The number of aromatic nitrogens is 1. The summed E-state index contributed by atoms with van der Waals surface area (Å²) < 4.78 is 1.01. The smallest absolute Gasteiger partial charge is 0.0824 e. The zero-order valence-corrected chi connectivity index (χ0v) is 20.5. The van der Waals surface area contributed by atoms with Crippen LogP contribution in [0.4, 0.5) is 0 Å². The number of nitrogens with one attached hydrogen (secondary N) is 1. The van der Waals surface area contributed by atoms with Crippen LogP contribution in [0, 0.1) is 13.8 Å². The van der Waals surface area contributed by atoms with Gasteiger partial charge in [0, 0.05) is 22.2 Å². The molecule has 0 bridgehead atoms. The normalized spacial score (nSPS) is 13.7. The van der Waals surface area contributed by atoms with Gasteiger partial charge in [-0.3, -0.25) is 0 Å². The molecule has 0 radical (unpaired) electrons. The predicted molar refractivity (Wildman–Crippen MR) is 140 cm³/mol. The van der Waals surface area contributed by atoms with Crippen molar-refractivity contribution in [3.63, 3.8) is 0 Å².